The summed E-state index contributed by atoms with van der Waals surface area (Å²) in [6.45, 7) is 0.877. The predicted molar refractivity (Wildman–Crippen MR) is 42.5 cm³/mol. The third kappa shape index (κ3) is 0.891. The molecule has 0 aliphatic heterocycles. The van der Waals surface area contributed by atoms with E-state index in [4.69, 9.17) is 5.73 Å². The number of hydrogen-bond donors (Lipinski definition) is 1. The monoisotopic (exact) mass is 137 g/mol. The summed E-state index contributed by atoms with van der Waals surface area (Å²) in [4.78, 5) is 0. The van der Waals surface area contributed by atoms with Crippen LogP contribution in [0.2, 0.25) is 0 Å². The molecule has 0 heterocycles. The van der Waals surface area contributed by atoms with Crippen molar-refractivity contribution in [3.63, 3.8) is 0 Å². The summed E-state index contributed by atoms with van der Waals surface area (Å²) in [5.74, 6) is 2.75. The van der Waals surface area contributed by atoms with Gasteiger partial charge in [0.05, 0.1) is 0 Å². The first kappa shape index (κ1) is 6.41. The Morgan fingerprint density at radius 3 is 2.70 bits per heavy atom. The highest BCUT2D eigenvalue weighted by Gasteiger charge is 2.34. The van der Waals surface area contributed by atoms with Gasteiger partial charge in [-0.15, -0.1) is 0 Å². The summed E-state index contributed by atoms with van der Waals surface area (Å²) in [7, 11) is 0. The van der Waals surface area contributed by atoms with Crippen molar-refractivity contribution in [2.24, 2.45) is 23.5 Å². The predicted octanol–water partition coefficient (Wildman–Crippen LogP) is 1.55. The fourth-order valence-corrected chi connectivity index (χ4v) is 2.44. The van der Waals surface area contributed by atoms with Gasteiger partial charge < -0.3 is 5.73 Å². The van der Waals surface area contributed by atoms with Gasteiger partial charge in [0.1, 0.15) is 0 Å². The van der Waals surface area contributed by atoms with Crippen LogP contribution < -0.4 is 5.73 Å². The second-order valence-electron chi connectivity index (χ2n) is 3.62. The molecule has 3 atom stereocenters. The van der Waals surface area contributed by atoms with Gasteiger partial charge in [-0.05, 0) is 43.6 Å². The molecule has 0 unspecified atom stereocenters. The van der Waals surface area contributed by atoms with Gasteiger partial charge in [-0.2, -0.15) is 0 Å². The van der Waals surface area contributed by atoms with Crippen LogP contribution in [0.4, 0.5) is 0 Å². The van der Waals surface area contributed by atoms with Crippen LogP contribution in [0.5, 0.6) is 0 Å². The Bertz CT molecular complexity index is 151. The van der Waals surface area contributed by atoms with E-state index in [-0.39, 0.29) is 0 Å². The summed E-state index contributed by atoms with van der Waals surface area (Å²) in [6.07, 6.45) is 8.86. The molecule has 1 fully saturated rings. The minimum atomic E-state index is 0.877. The molecule has 0 aromatic carbocycles. The van der Waals surface area contributed by atoms with Gasteiger partial charge in [0, 0.05) is 0 Å². The lowest BCUT2D eigenvalue weighted by molar-refractivity contribution is 0.422. The van der Waals surface area contributed by atoms with Crippen molar-refractivity contribution >= 4 is 0 Å². The van der Waals surface area contributed by atoms with Crippen LogP contribution in [0.3, 0.4) is 0 Å². The van der Waals surface area contributed by atoms with Crippen LogP contribution in [-0.4, -0.2) is 6.54 Å². The zero-order valence-corrected chi connectivity index (χ0v) is 6.29. The Morgan fingerprint density at radius 2 is 2.20 bits per heavy atom. The average molecular weight is 137 g/mol. The maximum Gasteiger partial charge on any atom is -0.00744 e. The third-order valence-corrected chi connectivity index (χ3v) is 2.95. The molecule has 0 spiro atoms. The number of rotatable bonds is 2. The van der Waals surface area contributed by atoms with Crippen LogP contribution in [0.1, 0.15) is 19.3 Å². The van der Waals surface area contributed by atoms with E-state index < -0.39 is 0 Å². The molecule has 2 rings (SSSR count). The van der Waals surface area contributed by atoms with Crippen LogP contribution >= 0.6 is 0 Å². The van der Waals surface area contributed by atoms with E-state index in [0.29, 0.717) is 0 Å². The lowest BCUT2D eigenvalue weighted by Gasteiger charge is -2.15. The van der Waals surface area contributed by atoms with E-state index in [0.717, 1.165) is 24.3 Å². The van der Waals surface area contributed by atoms with Crippen molar-refractivity contribution in [1.82, 2.24) is 0 Å². The Balaban J connectivity index is 1.96. The quantitative estimate of drug-likeness (QED) is 0.574. The van der Waals surface area contributed by atoms with Crippen LogP contribution in [0.15, 0.2) is 12.2 Å². The van der Waals surface area contributed by atoms with Gasteiger partial charge in [-0.25, -0.2) is 0 Å². The molecule has 0 radical (unpaired) electrons. The summed E-state index contributed by atoms with van der Waals surface area (Å²) in [6, 6.07) is 0. The zero-order chi connectivity index (χ0) is 6.97. The summed E-state index contributed by atoms with van der Waals surface area (Å²) in [5, 5.41) is 0. The van der Waals surface area contributed by atoms with Gasteiger partial charge in [-0.1, -0.05) is 12.2 Å². The van der Waals surface area contributed by atoms with E-state index in [1.165, 1.54) is 19.3 Å². The minimum Gasteiger partial charge on any atom is -0.330 e. The van der Waals surface area contributed by atoms with Crippen LogP contribution in [0.25, 0.3) is 0 Å². The van der Waals surface area contributed by atoms with Crippen molar-refractivity contribution in [2.45, 2.75) is 19.3 Å². The van der Waals surface area contributed by atoms with Crippen molar-refractivity contribution in [2.75, 3.05) is 6.54 Å². The second kappa shape index (κ2) is 2.39. The van der Waals surface area contributed by atoms with Crippen molar-refractivity contribution in [3.05, 3.63) is 12.2 Å². The Morgan fingerprint density at radius 1 is 1.30 bits per heavy atom. The molecular formula is C9H15N. The highest BCUT2D eigenvalue weighted by Crippen LogP contribution is 2.44. The Labute approximate surface area is 62.3 Å². The van der Waals surface area contributed by atoms with E-state index in [1.54, 1.807) is 0 Å². The molecule has 2 aliphatic rings. The van der Waals surface area contributed by atoms with Crippen molar-refractivity contribution in [3.8, 4) is 0 Å². The highest BCUT2D eigenvalue weighted by molar-refractivity contribution is 5.09. The van der Waals surface area contributed by atoms with E-state index in [1.807, 2.05) is 0 Å². The van der Waals surface area contributed by atoms with E-state index >= 15 is 0 Å². The number of hydrogen-bond acceptors (Lipinski definition) is 1. The summed E-state index contributed by atoms with van der Waals surface area (Å²) in [5.41, 5.74) is 5.52. The molecule has 0 amide bonds. The molecule has 2 bridgehead atoms. The molecule has 0 saturated heterocycles. The molecule has 2 aliphatic carbocycles. The Hall–Kier alpha value is -0.300. The molecule has 10 heavy (non-hydrogen) atoms. The standard InChI is InChI=1S/C9H15N/c10-4-3-9-6-7-1-2-8(9)5-7/h1-2,7-9H,3-6,10H2/t7-,8+,9-/m0/s1. The lowest BCUT2D eigenvalue weighted by Crippen LogP contribution is -2.12. The Kier molecular flexibility index (Phi) is 1.53. The highest BCUT2D eigenvalue weighted by atomic mass is 14.5. The fraction of sp³-hybridized carbons (Fsp3) is 0.778. The van der Waals surface area contributed by atoms with Crippen LogP contribution in [0, 0.1) is 17.8 Å². The lowest BCUT2D eigenvalue weighted by atomic mass is 9.91. The first-order valence-electron chi connectivity index (χ1n) is 4.28. The first-order valence-corrected chi connectivity index (χ1v) is 4.28. The molecule has 0 aromatic rings. The van der Waals surface area contributed by atoms with Gasteiger partial charge in [-0.3, -0.25) is 0 Å². The van der Waals surface area contributed by atoms with Gasteiger partial charge in [0.2, 0.25) is 0 Å². The van der Waals surface area contributed by atoms with Gasteiger partial charge in [0.25, 0.3) is 0 Å². The third-order valence-electron chi connectivity index (χ3n) is 2.95. The molecular weight excluding hydrogens is 122 g/mol. The smallest absolute Gasteiger partial charge is 0.00744 e. The maximum absolute atomic E-state index is 5.52. The average Bonchev–Trinajstić information content (AvgIpc) is 2.48. The second-order valence-corrected chi connectivity index (χ2v) is 3.62. The fourth-order valence-electron chi connectivity index (χ4n) is 2.44. The number of nitrogens with two attached hydrogens (primary N) is 1. The zero-order valence-electron chi connectivity index (χ0n) is 6.29. The SMILES string of the molecule is NCC[C@H]1C[C@H]2C=C[C@@H]1C2. The number of allylic oxidation sites excluding steroid dienone is 2. The topological polar surface area (TPSA) is 26.0 Å². The van der Waals surface area contributed by atoms with Gasteiger partial charge in [0.15, 0.2) is 0 Å². The molecule has 2 N–H and O–H groups in total. The largest absolute Gasteiger partial charge is 0.330 e. The molecule has 0 aromatic heterocycles. The normalized spacial score (nSPS) is 43.1. The van der Waals surface area contributed by atoms with E-state index in [9.17, 15) is 0 Å². The molecule has 1 saturated carbocycles. The van der Waals surface area contributed by atoms with Crippen molar-refractivity contribution < 1.29 is 0 Å². The van der Waals surface area contributed by atoms with Crippen LogP contribution in [-0.2, 0) is 0 Å². The molecule has 56 valence electrons. The minimum absolute atomic E-state index is 0.877. The van der Waals surface area contributed by atoms with Gasteiger partial charge >= 0.3 is 0 Å². The molecule has 1 nitrogen and oxygen atoms in total. The summed E-state index contributed by atoms with van der Waals surface area (Å²) < 4.78 is 0. The summed E-state index contributed by atoms with van der Waals surface area (Å²) >= 11 is 0. The van der Waals surface area contributed by atoms with E-state index in [2.05, 4.69) is 12.2 Å². The maximum atomic E-state index is 5.52. The number of fused-ring (bicyclic) bond motifs is 2. The van der Waals surface area contributed by atoms with Crippen molar-refractivity contribution in [1.29, 1.82) is 0 Å². The first-order chi connectivity index (χ1) is 4.90. The molecule has 1 heteroatoms.